The van der Waals surface area contributed by atoms with Crippen LogP contribution in [0.25, 0.3) is 0 Å². The van der Waals surface area contributed by atoms with E-state index in [1.54, 1.807) is 11.1 Å². The van der Waals surface area contributed by atoms with Gasteiger partial charge in [0, 0.05) is 0 Å². The van der Waals surface area contributed by atoms with Crippen molar-refractivity contribution in [2.75, 3.05) is 0 Å². The molecule has 0 saturated carbocycles. The van der Waals surface area contributed by atoms with Gasteiger partial charge in [-0.05, 0) is 67.3 Å². The van der Waals surface area contributed by atoms with E-state index in [9.17, 15) is 0 Å². The van der Waals surface area contributed by atoms with Crippen molar-refractivity contribution in [1.29, 1.82) is 0 Å². The van der Waals surface area contributed by atoms with Crippen molar-refractivity contribution in [2.45, 2.75) is 25.4 Å². The van der Waals surface area contributed by atoms with E-state index in [2.05, 4.69) is 116 Å². The predicted octanol–water partition coefficient (Wildman–Crippen LogP) is 2.98. The Morgan fingerprint density at radius 2 is 1.10 bits per heavy atom. The SMILES string of the molecule is Cc1ccc2c(c1)CCC2[P+](c1ccccc1)(c1ccccc1)c1ccccc1.[Br-]. The molecule has 5 rings (SSSR count). The average molecular weight is 473 g/mol. The highest BCUT2D eigenvalue weighted by molar-refractivity contribution is 7.96. The van der Waals surface area contributed by atoms with Crippen molar-refractivity contribution in [1.82, 2.24) is 0 Å². The molecule has 1 aliphatic rings. The summed E-state index contributed by atoms with van der Waals surface area (Å²) in [6.45, 7) is 2.21. The zero-order chi connectivity index (χ0) is 19.7. The summed E-state index contributed by atoms with van der Waals surface area (Å²) in [4.78, 5) is 0. The highest BCUT2D eigenvalue weighted by Crippen LogP contribution is 2.70. The molecule has 4 aromatic rings. The van der Waals surface area contributed by atoms with Crippen molar-refractivity contribution in [3.05, 3.63) is 126 Å². The second-order valence-electron chi connectivity index (χ2n) is 7.99. The number of fused-ring (bicyclic) bond motifs is 1. The van der Waals surface area contributed by atoms with E-state index < -0.39 is 7.26 Å². The van der Waals surface area contributed by atoms with Crippen LogP contribution in [0.1, 0.15) is 28.8 Å². The van der Waals surface area contributed by atoms with Crippen LogP contribution in [0.5, 0.6) is 0 Å². The standard InChI is InChI=1S/C28H26P.BrH/c1-22-17-19-27-23(21-22)18-20-28(27)29(24-11-5-2-6-12-24,25-13-7-3-8-14-25)26-15-9-4-10-16-26;/h2-17,19,21,28H,18,20H2,1H3;1H/q+1;/p-1. The molecule has 0 fully saturated rings. The first-order chi connectivity index (χ1) is 14.3. The van der Waals surface area contributed by atoms with Crippen molar-refractivity contribution >= 4 is 23.2 Å². The number of halogens is 1. The van der Waals surface area contributed by atoms with Gasteiger partial charge in [0.2, 0.25) is 0 Å². The van der Waals surface area contributed by atoms with Crippen LogP contribution in [0.2, 0.25) is 0 Å². The molecule has 0 bridgehead atoms. The van der Waals surface area contributed by atoms with Crippen LogP contribution in [0.4, 0.5) is 0 Å². The molecule has 1 atom stereocenters. The molecule has 0 N–H and O–H groups in total. The molecule has 2 heteroatoms. The Morgan fingerprint density at radius 1 is 0.633 bits per heavy atom. The van der Waals surface area contributed by atoms with Gasteiger partial charge in [0.05, 0.1) is 0 Å². The van der Waals surface area contributed by atoms with E-state index in [0.29, 0.717) is 5.66 Å². The zero-order valence-electron chi connectivity index (χ0n) is 17.2. The van der Waals surface area contributed by atoms with E-state index in [1.807, 2.05) is 0 Å². The fraction of sp³-hybridized carbons (Fsp3) is 0.143. The van der Waals surface area contributed by atoms with Crippen LogP contribution in [0.3, 0.4) is 0 Å². The number of hydrogen-bond acceptors (Lipinski definition) is 0. The molecular formula is C28H26BrP. The summed E-state index contributed by atoms with van der Waals surface area (Å²) in [5.41, 5.74) is 4.99. The maximum absolute atomic E-state index is 2.41. The molecule has 150 valence electrons. The largest absolute Gasteiger partial charge is 1.00 e. The maximum Gasteiger partial charge on any atom is 0.119 e. The third-order valence-corrected chi connectivity index (χ3v) is 11.1. The van der Waals surface area contributed by atoms with Crippen molar-refractivity contribution in [3.8, 4) is 0 Å². The van der Waals surface area contributed by atoms with E-state index in [1.165, 1.54) is 34.3 Å². The third-order valence-electron chi connectivity index (χ3n) is 6.30. The van der Waals surface area contributed by atoms with Crippen LogP contribution < -0.4 is 32.9 Å². The first-order valence-electron chi connectivity index (χ1n) is 10.4. The normalized spacial score (nSPS) is 15.3. The molecule has 0 amide bonds. The van der Waals surface area contributed by atoms with Gasteiger partial charge in [0.25, 0.3) is 0 Å². The minimum atomic E-state index is -1.85. The van der Waals surface area contributed by atoms with Gasteiger partial charge in [-0.15, -0.1) is 0 Å². The molecule has 1 aliphatic carbocycles. The van der Waals surface area contributed by atoms with Crippen LogP contribution in [0.15, 0.2) is 109 Å². The average Bonchev–Trinajstić information content (AvgIpc) is 3.20. The Morgan fingerprint density at radius 3 is 1.57 bits per heavy atom. The van der Waals surface area contributed by atoms with E-state index in [4.69, 9.17) is 0 Å². The molecular weight excluding hydrogens is 447 g/mol. The number of hydrogen-bond donors (Lipinski definition) is 0. The number of benzene rings is 4. The van der Waals surface area contributed by atoms with Gasteiger partial charge in [-0.3, -0.25) is 0 Å². The van der Waals surface area contributed by atoms with E-state index in [0.717, 1.165) is 0 Å². The first kappa shape index (κ1) is 21.0. The summed E-state index contributed by atoms with van der Waals surface area (Å²) in [6, 6.07) is 41.0. The molecule has 0 spiro atoms. The lowest BCUT2D eigenvalue weighted by Crippen LogP contribution is -3.00. The minimum absolute atomic E-state index is 0. The second-order valence-corrected chi connectivity index (χ2v) is 11.6. The Labute approximate surface area is 191 Å². The van der Waals surface area contributed by atoms with Crippen LogP contribution in [0, 0.1) is 6.92 Å². The van der Waals surface area contributed by atoms with Gasteiger partial charge in [-0.2, -0.15) is 0 Å². The fourth-order valence-electron chi connectivity index (χ4n) is 5.10. The molecule has 0 aliphatic heterocycles. The number of rotatable bonds is 4. The van der Waals surface area contributed by atoms with Crippen molar-refractivity contribution < 1.29 is 17.0 Å². The molecule has 4 aromatic carbocycles. The second kappa shape index (κ2) is 8.88. The summed E-state index contributed by atoms with van der Waals surface area (Å²) < 4.78 is 0. The topological polar surface area (TPSA) is 0 Å². The van der Waals surface area contributed by atoms with Gasteiger partial charge in [-0.25, -0.2) is 0 Å². The first-order valence-corrected chi connectivity index (χ1v) is 12.3. The molecule has 0 nitrogen and oxygen atoms in total. The summed E-state index contributed by atoms with van der Waals surface area (Å²) >= 11 is 0. The zero-order valence-corrected chi connectivity index (χ0v) is 19.7. The minimum Gasteiger partial charge on any atom is -1.00 e. The molecule has 1 unspecified atom stereocenters. The lowest BCUT2D eigenvalue weighted by Gasteiger charge is -2.33. The Balaban J connectivity index is 0.00000218. The summed E-state index contributed by atoms with van der Waals surface area (Å²) in [7, 11) is -1.85. The summed E-state index contributed by atoms with van der Waals surface area (Å²) in [5.74, 6) is 0. The smallest absolute Gasteiger partial charge is 0.119 e. The molecule has 0 saturated heterocycles. The highest BCUT2D eigenvalue weighted by atomic mass is 79.9. The van der Waals surface area contributed by atoms with E-state index in [-0.39, 0.29) is 17.0 Å². The predicted molar refractivity (Wildman–Crippen MR) is 127 cm³/mol. The fourth-order valence-corrected chi connectivity index (χ4v) is 10.2. The Bertz CT molecular complexity index is 1010. The van der Waals surface area contributed by atoms with Crippen LogP contribution in [-0.2, 0) is 6.42 Å². The lowest BCUT2D eigenvalue weighted by molar-refractivity contribution is -0.00000564. The summed E-state index contributed by atoms with van der Waals surface area (Å²) in [6.07, 6.45) is 2.39. The molecule has 0 radical (unpaired) electrons. The molecule has 0 heterocycles. The number of aryl methyl sites for hydroxylation is 2. The van der Waals surface area contributed by atoms with E-state index >= 15 is 0 Å². The van der Waals surface area contributed by atoms with Crippen LogP contribution in [-0.4, -0.2) is 0 Å². The van der Waals surface area contributed by atoms with Gasteiger partial charge >= 0.3 is 0 Å². The maximum atomic E-state index is 2.41. The summed E-state index contributed by atoms with van der Waals surface area (Å²) in [5, 5.41) is 4.45. The van der Waals surface area contributed by atoms with Gasteiger partial charge in [0.15, 0.2) is 0 Å². The molecule has 0 aromatic heterocycles. The van der Waals surface area contributed by atoms with Gasteiger partial charge in [-0.1, -0.05) is 78.4 Å². The van der Waals surface area contributed by atoms with Gasteiger partial charge in [0.1, 0.15) is 28.8 Å². The van der Waals surface area contributed by atoms with Crippen molar-refractivity contribution in [3.63, 3.8) is 0 Å². The molecule has 30 heavy (non-hydrogen) atoms. The monoisotopic (exact) mass is 472 g/mol. The van der Waals surface area contributed by atoms with Crippen LogP contribution >= 0.6 is 7.26 Å². The Kier molecular flexibility index (Phi) is 6.23. The quantitative estimate of drug-likeness (QED) is 0.400. The third kappa shape index (κ3) is 3.45. The lowest BCUT2D eigenvalue weighted by atomic mass is 10.1. The Hall–Kier alpha value is -2.21. The highest BCUT2D eigenvalue weighted by Gasteiger charge is 2.54. The van der Waals surface area contributed by atoms with Crippen molar-refractivity contribution in [2.24, 2.45) is 0 Å². The van der Waals surface area contributed by atoms with Gasteiger partial charge < -0.3 is 17.0 Å².